The van der Waals surface area contributed by atoms with E-state index in [4.69, 9.17) is 5.73 Å². The lowest BCUT2D eigenvalue weighted by molar-refractivity contribution is 0.443. The first-order valence-corrected chi connectivity index (χ1v) is 3.31. The molecule has 1 nitrogen and oxygen atoms in total. The number of nitrogens with two attached hydrogens (primary N) is 1. The van der Waals surface area contributed by atoms with Crippen molar-refractivity contribution in [2.24, 2.45) is 11.1 Å². The van der Waals surface area contributed by atoms with Gasteiger partial charge in [-0.25, -0.2) is 0 Å². The molecule has 0 amide bonds. The van der Waals surface area contributed by atoms with Gasteiger partial charge in [0.05, 0.1) is 0 Å². The zero-order valence-electron chi connectivity index (χ0n) is 5.80. The van der Waals surface area contributed by atoms with E-state index in [1.807, 2.05) is 0 Å². The third-order valence-electron chi connectivity index (χ3n) is 1.80. The first kappa shape index (κ1) is 6.56. The van der Waals surface area contributed by atoms with E-state index in [0.717, 1.165) is 13.0 Å². The van der Waals surface area contributed by atoms with Gasteiger partial charge in [-0.3, -0.25) is 0 Å². The average Bonchev–Trinajstić information content (AvgIpc) is 1.90. The van der Waals surface area contributed by atoms with Gasteiger partial charge in [0.25, 0.3) is 0 Å². The van der Waals surface area contributed by atoms with Crippen LogP contribution in [-0.2, 0) is 0 Å². The molecule has 1 aliphatic rings. The maximum Gasteiger partial charge on any atom is 0.00146 e. The van der Waals surface area contributed by atoms with Crippen molar-refractivity contribution in [2.75, 3.05) is 6.54 Å². The standard InChI is InChI=1S/C8H13N/c1-8(7-9)5-3-2-4-6-8/h2-5H,6-7,9H2,1H3/t8-/m0/s1. The number of hydrogen-bond acceptors (Lipinski definition) is 1. The van der Waals surface area contributed by atoms with Crippen LogP contribution in [0.25, 0.3) is 0 Å². The highest BCUT2D eigenvalue weighted by Gasteiger charge is 2.17. The topological polar surface area (TPSA) is 26.0 Å². The molecule has 50 valence electrons. The fraction of sp³-hybridized carbons (Fsp3) is 0.500. The summed E-state index contributed by atoms with van der Waals surface area (Å²) in [6, 6.07) is 0. The summed E-state index contributed by atoms with van der Waals surface area (Å²) in [5, 5.41) is 0. The summed E-state index contributed by atoms with van der Waals surface area (Å²) in [7, 11) is 0. The van der Waals surface area contributed by atoms with Gasteiger partial charge in [0.2, 0.25) is 0 Å². The molecule has 0 aromatic rings. The highest BCUT2D eigenvalue weighted by Crippen LogP contribution is 2.24. The summed E-state index contributed by atoms with van der Waals surface area (Å²) in [6.45, 7) is 2.92. The van der Waals surface area contributed by atoms with Crippen LogP contribution in [0.3, 0.4) is 0 Å². The molecule has 0 aromatic heterocycles. The van der Waals surface area contributed by atoms with Crippen LogP contribution >= 0.6 is 0 Å². The van der Waals surface area contributed by atoms with Gasteiger partial charge in [0.15, 0.2) is 0 Å². The van der Waals surface area contributed by atoms with Gasteiger partial charge < -0.3 is 5.73 Å². The van der Waals surface area contributed by atoms with Gasteiger partial charge in [-0.15, -0.1) is 0 Å². The summed E-state index contributed by atoms with van der Waals surface area (Å²) in [5.74, 6) is 0. The third-order valence-corrected chi connectivity index (χ3v) is 1.80. The molecule has 2 N–H and O–H groups in total. The average molecular weight is 123 g/mol. The van der Waals surface area contributed by atoms with Gasteiger partial charge in [0.1, 0.15) is 0 Å². The number of hydrogen-bond donors (Lipinski definition) is 1. The molecule has 0 unspecified atom stereocenters. The molecule has 0 saturated heterocycles. The Bertz CT molecular complexity index is 147. The normalized spacial score (nSPS) is 33.1. The van der Waals surface area contributed by atoms with Gasteiger partial charge in [0, 0.05) is 12.0 Å². The fourth-order valence-electron chi connectivity index (χ4n) is 0.923. The zero-order chi connectivity index (χ0) is 6.74. The lowest BCUT2D eigenvalue weighted by Crippen LogP contribution is -2.24. The van der Waals surface area contributed by atoms with Crippen LogP contribution in [0.5, 0.6) is 0 Å². The molecule has 0 radical (unpaired) electrons. The van der Waals surface area contributed by atoms with Crippen molar-refractivity contribution in [3.63, 3.8) is 0 Å². The van der Waals surface area contributed by atoms with E-state index in [2.05, 4.69) is 31.2 Å². The minimum atomic E-state index is 0.231. The van der Waals surface area contributed by atoms with Crippen molar-refractivity contribution >= 4 is 0 Å². The summed E-state index contributed by atoms with van der Waals surface area (Å²) >= 11 is 0. The highest BCUT2D eigenvalue weighted by molar-refractivity contribution is 5.15. The van der Waals surface area contributed by atoms with Crippen LogP contribution in [0, 0.1) is 5.41 Å². The van der Waals surface area contributed by atoms with E-state index < -0.39 is 0 Å². The Morgan fingerprint density at radius 2 is 2.33 bits per heavy atom. The minimum absolute atomic E-state index is 0.231. The second-order valence-corrected chi connectivity index (χ2v) is 2.85. The van der Waals surface area contributed by atoms with Crippen molar-refractivity contribution in [1.29, 1.82) is 0 Å². The molecule has 0 spiro atoms. The molecule has 0 saturated carbocycles. The van der Waals surface area contributed by atoms with E-state index in [1.54, 1.807) is 0 Å². The van der Waals surface area contributed by atoms with Crippen LogP contribution in [-0.4, -0.2) is 6.54 Å². The Labute approximate surface area is 56.2 Å². The zero-order valence-corrected chi connectivity index (χ0v) is 5.80. The molecule has 0 fully saturated rings. The second kappa shape index (κ2) is 2.36. The van der Waals surface area contributed by atoms with Gasteiger partial charge in [-0.05, 0) is 6.42 Å². The van der Waals surface area contributed by atoms with Crippen LogP contribution in [0.4, 0.5) is 0 Å². The number of rotatable bonds is 1. The smallest absolute Gasteiger partial charge is 0.00146 e. The summed E-state index contributed by atoms with van der Waals surface area (Å²) in [5.41, 5.74) is 5.78. The van der Waals surface area contributed by atoms with Gasteiger partial charge in [-0.1, -0.05) is 31.2 Å². The monoisotopic (exact) mass is 123 g/mol. The van der Waals surface area contributed by atoms with E-state index in [1.165, 1.54) is 0 Å². The lowest BCUT2D eigenvalue weighted by atomic mass is 9.84. The van der Waals surface area contributed by atoms with Crippen molar-refractivity contribution in [2.45, 2.75) is 13.3 Å². The fourth-order valence-corrected chi connectivity index (χ4v) is 0.923. The maximum atomic E-state index is 5.55. The highest BCUT2D eigenvalue weighted by atomic mass is 14.6. The molecule has 1 atom stereocenters. The van der Waals surface area contributed by atoms with E-state index in [0.29, 0.717) is 0 Å². The minimum Gasteiger partial charge on any atom is -0.330 e. The predicted octanol–water partition coefficient (Wildman–Crippen LogP) is 1.47. The number of allylic oxidation sites excluding steroid dienone is 3. The Kier molecular flexibility index (Phi) is 1.72. The third kappa shape index (κ3) is 1.42. The lowest BCUT2D eigenvalue weighted by Gasteiger charge is -2.23. The summed E-state index contributed by atoms with van der Waals surface area (Å²) in [6.07, 6.45) is 9.55. The summed E-state index contributed by atoms with van der Waals surface area (Å²) < 4.78 is 0. The molecule has 1 rings (SSSR count). The largest absolute Gasteiger partial charge is 0.330 e. The van der Waals surface area contributed by atoms with Crippen molar-refractivity contribution in [3.8, 4) is 0 Å². The van der Waals surface area contributed by atoms with Crippen molar-refractivity contribution in [1.82, 2.24) is 0 Å². The van der Waals surface area contributed by atoms with Crippen molar-refractivity contribution in [3.05, 3.63) is 24.3 Å². The Balaban J connectivity index is 2.63. The van der Waals surface area contributed by atoms with Crippen LogP contribution in [0.15, 0.2) is 24.3 Å². The van der Waals surface area contributed by atoms with E-state index in [9.17, 15) is 0 Å². The Morgan fingerprint density at radius 3 is 2.67 bits per heavy atom. The first-order valence-electron chi connectivity index (χ1n) is 3.31. The molecule has 1 heteroatoms. The molecule has 0 aliphatic heterocycles. The molecule has 0 bridgehead atoms. The van der Waals surface area contributed by atoms with E-state index >= 15 is 0 Å². The molecule has 0 aromatic carbocycles. The van der Waals surface area contributed by atoms with Crippen LogP contribution in [0.1, 0.15) is 13.3 Å². The van der Waals surface area contributed by atoms with Gasteiger partial charge in [-0.2, -0.15) is 0 Å². The quantitative estimate of drug-likeness (QED) is 0.561. The maximum absolute atomic E-state index is 5.55. The van der Waals surface area contributed by atoms with Crippen LogP contribution in [0.2, 0.25) is 0 Å². The van der Waals surface area contributed by atoms with E-state index in [-0.39, 0.29) is 5.41 Å². The Hall–Kier alpha value is -0.560. The molecular weight excluding hydrogens is 110 g/mol. The molecule has 0 heterocycles. The first-order chi connectivity index (χ1) is 4.27. The van der Waals surface area contributed by atoms with Crippen LogP contribution < -0.4 is 5.73 Å². The van der Waals surface area contributed by atoms with Gasteiger partial charge >= 0.3 is 0 Å². The summed E-state index contributed by atoms with van der Waals surface area (Å²) in [4.78, 5) is 0. The van der Waals surface area contributed by atoms with Crippen molar-refractivity contribution < 1.29 is 0 Å². The predicted molar refractivity (Wildman–Crippen MR) is 40.1 cm³/mol. The molecule has 1 aliphatic carbocycles. The Morgan fingerprint density at radius 1 is 1.56 bits per heavy atom. The second-order valence-electron chi connectivity index (χ2n) is 2.85. The molecular formula is C8H13N. The molecule has 9 heavy (non-hydrogen) atoms. The SMILES string of the molecule is C[C@]1(CN)C=CC=CC1.